The van der Waals surface area contributed by atoms with E-state index in [1.807, 2.05) is 0 Å². The molecule has 0 aliphatic heterocycles. The van der Waals surface area contributed by atoms with Gasteiger partial charge in [-0.3, -0.25) is 9.59 Å². The molecule has 2 aromatic rings. The number of carbonyl (C=O) groups is 2. The van der Waals surface area contributed by atoms with Gasteiger partial charge in [0.1, 0.15) is 0 Å². The number of halogens is 2. The molecule has 8 heteroatoms. The fourth-order valence-corrected chi connectivity index (χ4v) is 4.72. The van der Waals surface area contributed by atoms with Crippen molar-refractivity contribution >= 4 is 57.7 Å². The van der Waals surface area contributed by atoms with Gasteiger partial charge in [-0.25, -0.2) is 0 Å². The minimum absolute atomic E-state index is 0.0773. The Morgan fingerprint density at radius 3 is 1.58 bits per heavy atom. The van der Waals surface area contributed by atoms with E-state index < -0.39 is 0 Å². The third-order valence-electron chi connectivity index (χ3n) is 3.99. The SMILES string of the molecule is O=C(N[C@@H]1CCCC[C@H]1NC(=O)c1ccc(Cl)s1)c1ccc(Cl)s1. The molecule has 0 bridgehead atoms. The molecule has 2 atom stereocenters. The molecule has 1 aliphatic carbocycles. The van der Waals surface area contributed by atoms with E-state index in [4.69, 9.17) is 23.2 Å². The van der Waals surface area contributed by atoms with Crippen molar-refractivity contribution < 1.29 is 9.59 Å². The normalized spacial score (nSPS) is 20.6. The molecule has 0 saturated heterocycles. The Bertz CT molecular complexity index is 682. The summed E-state index contributed by atoms with van der Waals surface area (Å²) in [6.45, 7) is 0. The third-order valence-corrected chi connectivity index (χ3v) is 6.45. The predicted octanol–water partition coefficient (Wildman–Crippen LogP) is 4.59. The molecule has 1 fully saturated rings. The van der Waals surface area contributed by atoms with Crippen molar-refractivity contribution in [3.05, 3.63) is 42.7 Å². The molecule has 2 heterocycles. The molecule has 1 saturated carbocycles. The van der Waals surface area contributed by atoms with Crippen molar-refractivity contribution in [1.29, 1.82) is 0 Å². The molecule has 0 unspecified atom stereocenters. The van der Waals surface area contributed by atoms with Gasteiger partial charge in [0.05, 0.1) is 18.4 Å². The highest BCUT2D eigenvalue weighted by Gasteiger charge is 2.29. The largest absolute Gasteiger partial charge is 0.347 e. The third kappa shape index (κ3) is 4.30. The van der Waals surface area contributed by atoms with Crippen LogP contribution in [0.15, 0.2) is 24.3 Å². The summed E-state index contributed by atoms with van der Waals surface area (Å²) in [4.78, 5) is 25.9. The Morgan fingerprint density at radius 2 is 1.25 bits per heavy atom. The molecular weight excluding hydrogens is 387 g/mol. The first-order valence-corrected chi connectivity index (χ1v) is 10.0. The van der Waals surface area contributed by atoms with Crippen molar-refractivity contribution in [2.45, 2.75) is 37.8 Å². The number of amides is 2. The zero-order valence-electron chi connectivity index (χ0n) is 12.7. The molecule has 0 radical (unpaired) electrons. The van der Waals surface area contributed by atoms with Crippen molar-refractivity contribution in [1.82, 2.24) is 10.6 Å². The van der Waals surface area contributed by atoms with Crippen molar-refractivity contribution in [3.63, 3.8) is 0 Å². The van der Waals surface area contributed by atoms with Gasteiger partial charge in [-0.1, -0.05) is 36.0 Å². The number of hydrogen-bond donors (Lipinski definition) is 2. The Labute approximate surface area is 158 Å². The van der Waals surface area contributed by atoms with Gasteiger partial charge >= 0.3 is 0 Å². The van der Waals surface area contributed by atoms with Gasteiger partial charge in [0, 0.05) is 12.1 Å². The molecule has 2 N–H and O–H groups in total. The molecule has 24 heavy (non-hydrogen) atoms. The lowest BCUT2D eigenvalue weighted by atomic mass is 9.90. The first kappa shape index (κ1) is 17.7. The Morgan fingerprint density at radius 1 is 0.833 bits per heavy atom. The van der Waals surface area contributed by atoms with E-state index in [-0.39, 0.29) is 23.9 Å². The van der Waals surface area contributed by atoms with E-state index >= 15 is 0 Å². The van der Waals surface area contributed by atoms with E-state index in [1.54, 1.807) is 24.3 Å². The topological polar surface area (TPSA) is 58.2 Å². The smallest absolute Gasteiger partial charge is 0.261 e. The molecule has 2 amide bonds. The monoisotopic (exact) mass is 402 g/mol. The average Bonchev–Trinajstić information content (AvgIpc) is 3.18. The summed E-state index contributed by atoms with van der Waals surface area (Å²) in [5.41, 5.74) is 0. The quantitative estimate of drug-likeness (QED) is 0.785. The molecule has 1 aliphatic rings. The van der Waals surface area contributed by atoms with Gasteiger partial charge in [0.2, 0.25) is 0 Å². The summed E-state index contributed by atoms with van der Waals surface area (Å²) in [6, 6.07) is 6.69. The fraction of sp³-hybridized carbons (Fsp3) is 0.375. The minimum atomic E-state index is -0.141. The minimum Gasteiger partial charge on any atom is -0.347 e. The van der Waals surface area contributed by atoms with Crippen molar-refractivity contribution in [2.75, 3.05) is 0 Å². The molecular formula is C16H16Cl2N2O2S2. The first-order chi connectivity index (χ1) is 11.5. The number of nitrogens with one attached hydrogen (secondary N) is 2. The average molecular weight is 403 g/mol. The molecule has 128 valence electrons. The summed E-state index contributed by atoms with van der Waals surface area (Å²) < 4.78 is 1.17. The van der Waals surface area contributed by atoms with Crippen molar-refractivity contribution in [2.24, 2.45) is 0 Å². The molecule has 0 spiro atoms. The Kier molecular flexibility index (Phi) is 5.81. The van der Waals surface area contributed by atoms with Crippen LogP contribution in [0.25, 0.3) is 0 Å². The fourth-order valence-electron chi connectivity index (χ4n) is 2.83. The highest BCUT2D eigenvalue weighted by atomic mass is 35.5. The highest BCUT2D eigenvalue weighted by molar-refractivity contribution is 7.18. The van der Waals surface area contributed by atoms with Crippen LogP contribution < -0.4 is 10.6 Å². The van der Waals surface area contributed by atoms with Gasteiger partial charge in [0.25, 0.3) is 11.8 Å². The van der Waals surface area contributed by atoms with Crippen LogP contribution in [0.1, 0.15) is 45.0 Å². The second kappa shape index (κ2) is 7.87. The van der Waals surface area contributed by atoms with Crippen LogP contribution in [0.3, 0.4) is 0 Å². The lowest BCUT2D eigenvalue weighted by Crippen LogP contribution is -2.53. The molecule has 0 aromatic carbocycles. The standard InChI is InChI=1S/C16H16Cl2N2O2S2/c17-13-7-5-11(23-13)15(21)19-9-3-1-2-4-10(9)20-16(22)12-6-8-14(18)24-12/h5-10H,1-4H2,(H,19,21)(H,20,22)/t9-,10-/m1/s1. The first-order valence-electron chi connectivity index (χ1n) is 7.65. The van der Waals surface area contributed by atoms with Gasteiger partial charge in [-0.15, -0.1) is 22.7 Å². The summed E-state index contributed by atoms with van der Waals surface area (Å²) in [5, 5.41) is 6.07. The van der Waals surface area contributed by atoms with Gasteiger partial charge in [-0.2, -0.15) is 0 Å². The lowest BCUT2D eigenvalue weighted by Gasteiger charge is -2.32. The van der Waals surface area contributed by atoms with Crippen LogP contribution in [-0.2, 0) is 0 Å². The van der Waals surface area contributed by atoms with E-state index in [1.165, 1.54) is 22.7 Å². The van der Waals surface area contributed by atoms with Crippen LogP contribution >= 0.6 is 45.9 Å². The summed E-state index contributed by atoms with van der Waals surface area (Å²) in [6.07, 6.45) is 3.77. The lowest BCUT2D eigenvalue weighted by molar-refractivity contribution is 0.0867. The zero-order valence-corrected chi connectivity index (χ0v) is 15.8. The van der Waals surface area contributed by atoms with E-state index in [0.29, 0.717) is 18.4 Å². The number of carbonyl (C=O) groups excluding carboxylic acids is 2. The molecule has 2 aromatic heterocycles. The number of thiophene rings is 2. The van der Waals surface area contributed by atoms with Gasteiger partial charge in [-0.05, 0) is 37.1 Å². The Balaban J connectivity index is 1.64. The van der Waals surface area contributed by atoms with Crippen LogP contribution in [0.5, 0.6) is 0 Å². The van der Waals surface area contributed by atoms with E-state index in [2.05, 4.69) is 10.6 Å². The van der Waals surface area contributed by atoms with Crippen LogP contribution in [0.4, 0.5) is 0 Å². The number of hydrogen-bond acceptors (Lipinski definition) is 4. The summed E-state index contributed by atoms with van der Waals surface area (Å²) >= 11 is 14.3. The molecule has 3 rings (SSSR count). The highest BCUT2D eigenvalue weighted by Crippen LogP contribution is 2.25. The van der Waals surface area contributed by atoms with Crippen LogP contribution in [0, 0.1) is 0 Å². The maximum Gasteiger partial charge on any atom is 0.261 e. The van der Waals surface area contributed by atoms with E-state index in [0.717, 1.165) is 25.7 Å². The summed E-state index contributed by atoms with van der Waals surface area (Å²) in [7, 11) is 0. The second-order valence-corrected chi connectivity index (χ2v) is 9.08. The van der Waals surface area contributed by atoms with Crippen LogP contribution in [0.2, 0.25) is 8.67 Å². The second-order valence-electron chi connectivity index (χ2n) is 5.65. The zero-order chi connectivity index (χ0) is 17.1. The van der Waals surface area contributed by atoms with E-state index in [9.17, 15) is 9.59 Å². The predicted molar refractivity (Wildman–Crippen MR) is 99.6 cm³/mol. The van der Waals surface area contributed by atoms with Crippen molar-refractivity contribution in [3.8, 4) is 0 Å². The summed E-state index contributed by atoms with van der Waals surface area (Å²) in [5.74, 6) is -0.283. The Hall–Kier alpha value is -1.08. The maximum absolute atomic E-state index is 12.3. The van der Waals surface area contributed by atoms with Gasteiger partial charge < -0.3 is 10.6 Å². The molecule has 4 nitrogen and oxygen atoms in total. The van der Waals surface area contributed by atoms with Gasteiger partial charge in [0.15, 0.2) is 0 Å². The van der Waals surface area contributed by atoms with Crippen LogP contribution in [-0.4, -0.2) is 23.9 Å². The number of rotatable bonds is 4. The maximum atomic E-state index is 12.3.